The van der Waals surface area contributed by atoms with Crippen LogP contribution in [0.2, 0.25) is 0 Å². The number of carboxylic acid groups (broad SMARTS) is 2. The van der Waals surface area contributed by atoms with Gasteiger partial charge in [-0.25, -0.2) is 0 Å². The van der Waals surface area contributed by atoms with E-state index in [1.165, 1.54) is 51.3 Å². The van der Waals surface area contributed by atoms with Gasteiger partial charge in [-0.05, 0) is 34.7 Å². The van der Waals surface area contributed by atoms with Gasteiger partial charge >= 0.3 is 0 Å². The molecule has 15 nitrogen and oxygen atoms in total. The fraction of sp³-hybridized carbons (Fsp3) is 0.667. The van der Waals surface area contributed by atoms with Gasteiger partial charge in [-0.3, -0.25) is 28.8 Å². The van der Waals surface area contributed by atoms with E-state index in [1.54, 1.807) is 48.4 Å². The predicted octanol–water partition coefficient (Wildman–Crippen LogP) is 5.69. The van der Waals surface area contributed by atoms with Gasteiger partial charge in [0.15, 0.2) is 11.6 Å². The molecule has 0 aliphatic carbocycles. The molecule has 0 rings (SSSR count). The van der Waals surface area contributed by atoms with Gasteiger partial charge in [0.2, 0.25) is 11.8 Å². The Balaban J connectivity index is -0.0000000166. The molecule has 0 spiro atoms. The minimum atomic E-state index is -0.833. The molecule has 0 aliphatic rings. The third-order valence-corrected chi connectivity index (χ3v) is 3.08. The van der Waals surface area contributed by atoms with Crippen LogP contribution >= 0.6 is 49.5 Å². The first kappa shape index (κ1) is 124. The number of ketones is 2. The summed E-state index contributed by atoms with van der Waals surface area (Å²) in [5, 5.41) is 20.1. The minimum Gasteiger partial charge on any atom is -0.481 e. The second kappa shape index (κ2) is 131. The normalized spacial score (nSPS) is 6.75. The number of carbonyl (C=O) groups excluding carboxylic acids is 7. The number of Topliss-reactive ketones (excluding diaryl/α,β-unsaturated/α-hetero) is 2. The molecular weight excluding hydrogens is 908 g/mol. The summed E-state index contributed by atoms with van der Waals surface area (Å²) >= 11 is 0. The Kier molecular flexibility index (Phi) is 284. The molecule has 6 atom stereocenters. The van der Waals surface area contributed by atoms with Crippen LogP contribution in [-0.4, -0.2) is 123 Å². The molecule has 2 amide bonds. The quantitative estimate of drug-likeness (QED) is 0.0856. The maximum absolute atomic E-state index is 10.5. The van der Waals surface area contributed by atoms with Gasteiger partial charge in [0, 0.05) is 103 Å². The van der Waals surface area contributed by atoms with Crippen LogP contribution in [-0.2, 0) is 75.9 Å². The smallest absolute Gasteiger partial charge is 0.300 e. The van der Waals surface area contributed by atoms with Gasteiger partial charge in [0.1, 0.15) is 24.9 Å². The molecule has 21 heteroatoms. The molecule has 0 heterocycles. The summed E-state index contributed by atoms with van der Waals surface area (Å²) in [6.45, 7) is 28.8. The van der Waals surface area contributed by atoms with E-state index in [0.717, 1.165) is 26.4 Å². The number of rotatable bonds is 5. The fourth-order valence-electron chi connectivity index (χ4n) is 0.891. The van der Waals surface area contributed by atoms with E-state index in [9.17, 15) is 24.0 Å². The molecule has 0 aromatic rings. The first-order chi connectivity index (χ1) is 23.0. The molecule has 0 fully saturated rings. The van der Waals surface area contributed by atoms with Crippen LogP contribution in [0, 0.1) is 7.43 Å². The van der Waals surface area contributed by atoms with Crippen molar-refractivity contribution in [1.29, 1.82) is 0 Å². The SMILES string of the molecule is C/C=C(\NC)C(C)=O.CC.CC.CC.CC.CC(=O)N(C)C.CC(=O)N(C)C.CC(=O)O.CC(=O)O.CC=O.CC=O.CNC(C=O)C(C)=O.P.P.P.P.P.[CH3-].[Y]. The van der Waals surface area contributed by atoms with Gasteiger partial charge in [-0.2, -0.15) is 49.5 Å². The maximum Gasteiger partial charge on any atom is 0.300 e. The van der Waals surface area contributed by atoms with Crippen molar-refractivity contribution in [1.82, 2.24) is 20.4 Å². The van der Waals surface area contributed by atoms with E-state index in [-0.39, 0.29) is 113 Å². The van der Waals surface area contributed by atoms with Gasteiger partial charge in [-0.1, -0.05) is 61.5 Å². The summed E-state index contributed by atoms with van der Waals surface area (Å²) in [6.07, 6.45) is 3.84. The van der Waals surface area contributed by atoms with Gasteiger partial charge in [-0.15, -0.1) is 0 Å². The van der Waals surface area contributed by atoms with E-state index >= 15 is 0 Å². The van der Waals surface area contributed by atoms with Crippen LogP contribution in [0.25, 0.3) is 0 Å². The number of amides is 2. The van der Waals surface area contributed by atoms with Crippen molar-refractivity contribution < 1.29 is 86.1 Å². The number of likely N-dealkylation sites (N-methyl/N-ethyl adjacent to an activating group) is 2. The molecule has 0 aliphatic heterocycles. The third kappa shape index (κ3) is 292. The van der Waals surface area contributed by atoms with Gasteiger partial charge in [0.05, 0.1) is 5.70 Å². The van der Waals surface area contributed by atoms with Crippen LogP contribution in [0.4, 0.5) is 0 Å². The van der Waals surface area contributed by atoms with E-state index in [1.807, 2.05) is 62.3 Å². The Bertz CT molecular complexity index is 773. The Morgan fingerprint density at radius 1 is 0.544 bits per heavy atom. The number of allylic oxidation sites excluding steroid dienone is 2. The summed E-state index contributed by atoms with van der Waals surface area (Å²) in [5.41, 5.74) is 0.671. The van der Waals surface area contributed by atoms with Crippen molar-refractivity contribution in [3.8, 4) is 0 Å². The fourth-order valence-corrected chi connectivity index (χ4v) is 0.891. The molecule has 1 radical (unpaired) electrons. The Morgan fingerprint density at radius 3 is 0.702 bits per heavy atom. The molecule has 4 N–H and O–H groups in total. The molecule has 6 unspecified atom stereocenters. The number of carbonyl (C=O) groups is 9. The number of carboxylic acids is 2. The number of aldehydes is 3. The van der Waals surface area contributed by atoms with Crippen molar-refractivity contribution in [2.75, 3.05) is 42.3 Å². The predicted molar refractivity (Wildman–Crippen MR) is 269 cm³/mol. The molecule has 0 saturated carbocycles. The largest absolute Gasteiger partial charge is 0.481 e. The number of hydrogen-bond acceptors (Lipinski definition) is 11. The van der Waals surface area contributed by atoms with E-state index in [4.69, 9.17) is 29.4 Å². The Hall–Kier alpha value is -1.02. The number of nitrogens with one attached hydrogen (secondary N) is 2. The maximum atomic E-state index is 10.5. The Labute approximate surface area is 393 Å². The second-order valence-electron chi connectivity index (χ2n) is 7.36. The molecule has 0 saturated heterocycles. The summed E-state index contributed by atoms with van der Waals surface area (Å²) in [7, 11) is 10.2. The number of nitrogens with zero attached hydrogens (tertiary/aromatic N) is 2. The molecule has 0 aromatic carbocycles. The van der Waals surface area contributed by atoms with Crippen LogP contribution in [0.3, 0.4) is 0 Å². The summed E-state index contributed by atoms with van der Waals surface area (Å²) in [6, 6.07) is -0.616. The van der Waals surface area contributed by atoms with Crippen LogP contribution < -0.4 is 10.6 Å². The number of aliphatic carboxylic acids is 2. The van der Waals surface area contributed by atoms with Gasteiger partial charge in [0.25, 0.3) is 11.9 Å². The topological polar surface area (TPSA) is 225 Å². The minimum absolute atomic E-state index is 0. The first-order valence-corrected chi connectivity index (χ1v) is 16.0. The summed E-state index contributed by atoms with van der Waals surface area (Å²) in [5.74, 6) is -1.55. The van der Waals surface area contributed by atoms with E-state index in [0.29, 0.717) is 12.0 Å². The average Bonchev–Trinajstić information content (AvgIpc) is 3.03. The standard InChI is InChI=1S/C6H11NO.C5H9NO2.2C4H9NO.2C2H4O2.2C2H4O.4C2H6.CH3.5H3P.Y/c1-4-6(7-3)5(2)8;1-4(8)5(3-7)6-2;2*1-4(6)5(2)3;2*1-2(3)4;2*1-2-3;4*1-2;;;;;;;/h4,7H,1-3H3;3,5-6H,1-2H3;2*1-3H3;2*1H3,(H,3,4);2*2H,1H3;4*1-2H3;6*1H3;/q;;;;;;;;;;;;-1;;;;;;/b6-4-;;;;;;;;;;;;;;;;;;. The zero-order valence-corrected chi connectivity index (χ0v) is 50.9. The van der Waals surface area contributed by atoms with Crippen LogP contribution in [0.1, 0.15) is 118 Å². The zero-order valence-electron chi connectivity index (χ0n) is 41.0. The monoisotopic (exact) mass is 1000 g/mol. The van der Waals surface area contributed by atoms with E-state index in [2.05, 4.69) is 10.6 Å². The summed E-state index contributed by atoms with van der Waals surface area (Å²) < 4.78 is 0. The molecule has 0 bridgehead atoms. The van der Waals surface area contributed by atoms with Crippen molar-refractivity contribution in [2.45, 2.75) is 124 Å². The average molecular weight is 1000 g/mol. The van der Waals surface area contributed by atoms with Crippen molar-refractivity contribution in [2.24, 2.45) is 0 Å². The second-order valence-corrected chi connectivity index (χ2v) is 7.36. The van der Waals surface area contributed by atoms with Crippen molar-refractivity contribution >= 4 is 104 Å². The Morgan fingerprint density at radius 2 is 0.702 bits per heavy atom. The summed E-state index contributed by atoms with van der Waals surface area (Å²) in [4.78, 5) is 89.5. The molecule has 355 valence electrons. The third-order valence-electron chi connectivity index (χ3n) is 3.08. The van der Waals surface area contributed by atoms with Crippen LogP contribution in [0.15, 0.2) is 11.8 Å². The van der Waals surface area contributed by atoms with Crippen molar-refractivity contribution in [3.05, 3.63) is 19.2 Å². The van der Waals surface area contributed by atoms with Crippen molar-refractivity contribution in [3.63, 3.8) is 0 Å². The van der Waals surface area contributed by atoms with E-state index < -0.39 is 18.0 Å². The molecule has 0 aromatic heterocycles. The van der Waals surface area contributed by atoms with Crippen LogP contribution in [0.5, 0.6) is 0 Å². The zero-order chi connectivity index (χ0) is 44.0. The number of hydrogen-bond donors (Lipinski definition) is 4. The molecule has 57 heavy (non-hydrogen) atoms. The first-order valence-electron chi connectivity index (χ1n) is 16.0. The van der Waals surface area contributed by atoms with Gasteiger partial charge < -0.3 is 52.5 Å². The molecular formula is C36H96N4O11P5Y-.